The van der Waals surface area contributed by atoms with E-state index in [2.05, 4.69) is 37.4 Å². The Morgan fingerprint density at radius 1 is 1.45 bits per heavy atom. The summed E-state index contributed by atoms with van der Waals surface area (Å²) in [5, 5.41) is 3.68. The molecular weight excluding hydrogens is 250 g/mol. The van der Waals surface area contributed by atoms with Crippen LogP contribution in [0.1, 0.15) is 38.7 Å². The highest BCUT2D eigenvalue weighted by molar-refractivity contribution is 5.28. The molecule has 3 heteroatoms. The van der Waals surface area contributed by atoms with Gasteiger partial charge in [-0.3, -0.25) is 0 Å². The molecular formula is C17H27NO2. The molecule has 1 heterocycles. The van der Waals surface area contributed by atoms with Crippen LogP contribution in [0.5, 0.6) is 5.75 Å². The zero-order chi connectivity index (χ0) is 14.4. The fraction of sp³-hybridized carbons (Fsp3) is 0.647. The van der Waals surface area contributed by atoms with Gasteiger partial charge in [0.1, 0.15) is 5.75 Å². The number of hydrogen-bond acceptors (Lipinski definition) is 3. The summed E-state index contributed by atoms with van der Waals surface area (Å²) < 4.78 is 11.1. The molecule has 112 valence electrons. The van der Waals surface area contributed by atoms with Gasteiger partial charge in [0.05, 0.1) is 12.7 Å². The number of nitrogens with one attached hydrogen (secondary N) is 1. The third-order valence-corrected chi connectivity index (χ3v) is 4.32. The molecule has 0 bridgehead atoms. The number of rotatable bonds is 6. The molecule has 1 aromatic rings. The first-order chi connectivity index (χ1) is 9.65. The van der Waals surface area contributed by atoms with E-state index in [4.69, 9.17) is 9.47 Å². The van der Waals surface area contributed by atoms with Crippen molar-refractivity contribution in [3.05, 3.63) is 29.8 Å². The van der Waals surface area contributed by atoms with Gasteiger partial charge in [-0.15, -0.1) is 0 Å². The molecule has 1 saturated heterocycles. The lowest BCUT2D eigenvalue weighted by molar-refractivity contribution is -0.0778. The van der Waals surface area contributed by atoms with Gasteiger partial charge in [-0.25, -0.2) is 0 Å². The van der Waals surface area contributed by atoms with Crippen LogP contribution in [0.4, 0.5) is 0 Å². The maximum absolute atomic E-state index is 5.88. The number of hydrogen-bond donors (Lipinski definition) is 1. The fourth-order valence-corrected chi connectivity index (χ4v) is 2.80. The normalized spacial score (nSPS) is 26.4. The standard InChI is InChI=1S/C17H27NO2/c1-4-17(2)13-15(9-11-20-17)18-10-8-14-6-5-7-16(12-14)19-3/h5-7,12,15,18H,4,8-11,13H2,1-3H3. The molecule has 2 atom stereocenters. The molecule has 0 aromatic heterocycles. The van der Waals surface area contributed by atoms with Gasteiger partial charge in [-0.2, -0.15) is 0 Å². The van der Waals surface area contributed by atoms with E-state index in [1.165, 1.54) is 5.56 Å². The lowest BCUT2D eigenvalue weighted by atomic mass is 9.90. The number of benzene rings is 1. The number of methoxy groups -OCH3 is 1. The van der Waals surface area contributed by atoms with E-state index in [1.54, 1.807) is 7.11 Å². The Hall–Kier alpha value is -1.06. The Bertz CT molecular complexity index is 421. The zero-order valence-electron chi connectivity index (χ0n) is 12.9. The minimum Gasteiger partial charge on any atom is -0.497 e. The van der Waals surface area contributed by atoms with E-state index < -0.39 is 0 Å². The van der Waals surface area contributed by atoms with E-state index >= 15 is 0 Å². The summed E-state index contributed by atoms with van der Waals surface area (Å²) in [6, 6.07) is 8.89. The van der Waals surface area contributed by atoms with Gasteiger partial charge in [-0.1, -0.05) is 19.1 Å². The topological polar surface area (TPSA) is 30.5 Å². The van der Waals surface area contributed by atoms with Gasteiger partial charge >= 0.3 is 0 Å². The van der Waals surface area contributed by atoms with Crippen LogP contribution in [0.2, 0.25) is 0 Å². The third-order valence-electron chi connectivity index (χ3n) is 4.32. The Morgan fingerprint density at radius 2 is 2.30 bits per heavy atom. The molecule has 1 aliphatic heterocycles. The summed E-state index contributed by atoms with van der Waals surface area (Å²) in [5.74, 6) is 0.937. The van der Waals surface area contributed by atoms with E-state index in [-0.39, 0.29) is 5.60 Å². The smallest absolute Gasteiger partial charge is 0.119 e. The van der Waals surface area contributed by atoms with Crippen molar-refractivity contribution in [2.24, 2.45) is 0 Å². The SMILES string of the molecule is CCC1(C)CC(NCCc2cccc(OC)c2)CCO1. The third kappa shape index (κ3) is 4.22. The first-order valence-electron chi connectivity index (χ1n) is 7.65. The summed E-state index contributed by atoms with van der Waals surface area (Å²) in [6.45, 7) is 6.32. The van der Waals surface area contributed by atoms with Crippen molar-refractivity contribution in [2.75, 3.05) is 20.3 Å². The molecule has 0 aliphatic carbocycles. The van der Waals surface area contributed by atoms with Crippen LogP contribution in [0, 0.1) is 0 Å². The molecule has 3 nitrogen and oxygen atoms in total. The lowest BCUT2D eigenvalue weighted by Crippen LogP contribution is -2.45. The van der Waals surface area contributed by atoms with Crippen molar-refractivity contribution in [3.8, 4) is 5.75 Å². The molecule has 0 radical (unpaired) electrons. The maximum atomic E-state index is 5.88. The molecule has 2 rings (SSSR count). The second kappa shape index (κ2) is 7.09. The molecule has 20 heavy (non-hydrogen) atoms. The van der Waals surface area contributed by atoms with Crippen LogP contribution in [0.25, 0.3) is 0 Å². The summed E-state index contributed by atoms with van der Waals surface area (Å²) in [7, 11) is 1.71. The Balaban J connectivity index is 1.77. The van der Waals surface area contributed by atoms with Gasteiger partial charge < -0.3 is 14.8 Å². The highest BCUT2D eigenvalue weighted by Gasteiger charge is 2.31. The predicted octanol–water partition coefficient (Wildman–Crippen LogP) is 3.18. The summed E-state index contributed by atoms with van der Waals surface area (Å²) in [5.41, 5.74) is 1.38. The molecule has 0 saturated carbocycles. The second-order valence-corrected chi connectivity index (χ2v) is 5.90. The highest BCUT2D eigenvalue weighted by atomic mass is 16.5. The Morgan fingerprint density at radius 3 is 3.05 bits per heavy atom. The monoisotopic (exact) mass is 277 g/mol. The molecule has 1 aliphatic rings. The van der Waals surface area contributed by atoms with Crippen molar-refractivity contribution < 1.29 is 9.47 Å². The molecule has 0 spiro atoms. The Labute approximate surface area is 122 Å². The fourth-order valence-electron chi connectivity index (χ4n) is 2.80. The summed E-state index contributed by atoms with van der Waals surface area (Å²) in [6.07, 6.45) is 4.35. The van der Waals surface area contributed by atoms with Crippen LogP contribution < -0.4 is 10.1 Å². The predicted molar refractivity (Wildman–Crippen MR) is 82.4 cm³/mol. The van der Waals surface area contributed by atoms with Crippen molar-refractivity contribution in [1.29, 1.82) is 0 Å². The maximum Gasteiger partial charge on any atom is 0.119 e. The second-order valence-electron chi connectivity index (χ2n) is 5.90. The van der Waals surface area contributed by atoms with Crippen LogP contribution >= 0.6 is 0 Å². The molecule has 1 fully saturated rings. The van der Waals surface area contributed by atoms with Crippen molar-refractivity contribution >= 4 is 0 Å². The molecule has 0 amide bonds. The first-order valence-corrected chi connectivity index (χ1v) is 7.65. The van der Waals surface area contributed by atoms with Gasteiger partial charge in [-0.05, 0) is 56.8 Å². The van der Waals surface area contributed by atoms with E-state index in [0.29, 0.717) is 6.04 Å². The minimum absolute atomic E-state index is 0.0614. The van der Waals surface area contributed by atoms with Crippen LogP contribution in [0.15, 0.2) is 24.3 Å². The van der Waals surface area contributed by atoms with E-state index in [0.717, 1.165) is 44.6 Å². The lowest BCUT2D eigenvalue weighted by Gasteiger charge is -2.38. The van der Waals surface area contributed by atoms with Crippen molar-refractivity contribution in [1.82, 2.24) is 5.32 Å². The van der Waals surface area contributed by atoms with Gasteiger partial charge in [0.25, 0.3) is 0 Å². The average Bonchev–Trinajstić information content (AvgIpc) is 2.48. The molecule has 2 unspecified atom stereocenters. The largest absolute Gasteiger partial charge is 0.497 e. The van der Waals surface area contributed by atoms with Gasteiger partial charge in [0.15, 0.2) is 0 Å². The van der Waals surface area contributed by atoms with Crippen molar-refractivity contribution in [2.45, 2.75) is 51.2 Å². The molecule has 1 N–H and O–H groups in total. The summed E-state index contributed by atoms with van der Waals surface area (Å²) >= 11 is 0. The summed E-state index contributed by atoms with van der Waals surface area (Å²) in [4.78, 5) is 0. The quantitative estimate of drug-likeness (QED) is 0.866. The highest BCUT2D eigenvalue weighted by Crippen LogP contribution is 2.27. The molecule has 1 aromatic carbocycles. The van der Waals surface area contributed by atoms with Crippen LogP contribution in [0.3, 0.4) is 0 Å². The van der Waals surface area contributed by atoms with Crippen molar-refractivity contribution in [3.63, 3.8) is 0 Å². The Kier molecular flexibility index (Phi) is 5.44. The van der Waals surface area contributed by atoms with Crippen LogP contribution in [-0.4, -0.2) is 31.9 Å². The van der Waals surface area contributed by atoms with E-state index in [9.17, 15) is 0 Å². The van der Waals surface area contributed by atoms with E-state index in [1.807, 2.05) is 6.07 Å². The number of ether oxygens (including phenoxy) is 2. The zero-order valence-corrected chi connectivity index (χ0v) is 12.9. The average molecular weight is 277 g/mol. The van der Waals surface area contributed by atoms with Crippen LogP contribution in [-0.2, 0) is 11.2 Å². The minimum atomic E-state index is 0.0614. The van der Waals surface area contributed by atoms with Gasteiger partial charge in [0, 0.05) is 12.6 Å². The first kappa shape index (κ1) is 15.3. The van der Waals surface area contributed by atoms with Gasteiger partial charge in [0.2, 0.25) is 0 Å².